The normalized spacial score (nSPS) is 22.7. The Morgan fingerprint density at radius 1 is 0.980 bits per heavy atom. The van der Waals surface area contributed by atoms with Gasteiger partial charge in [-0.1, -0.05) is 0 Å². The highest BCUT2D eigenvalue weighted by Gasteiger charge is 2.39. The summed E-state index contributed by atoms with van der Waals surface area (Å²) in [5.74, 6) is 2.35. The van der Waals surface area contributed by atoms with Gasteiger partial charge in [-0.25, -0.2) is 18.2 Å². The first-order chi connectivity index (χ1) is 24.4. The molecule has 3 aromatic heterocycles. The number of hydrogen-bond donors (Lipinski definition) is 0. The number of pyridine rings is 2. The molecule has 51 heavy (non-hydrogen) atoms. The molecule has 276 valence electrons. The molecule has 6 rings (SSSR count). The summed E-state index contributed by atoms with van der Waals surface area (Å²) >= 11 is 0. The molecule has 12 nitrogen and oxygen atoms in total. The summed E-state index contributed by atoms with van der Waals surface area (Å²) in [6.07, 6.45) is 13.5. The number of hydrogen-bond acceptors (Lipinski definition) is 9. The predicted octanol–water partition coefficient (Wildman–Crippen LogP) is 6.22. The Bertz CT molecular complexity index is 1790. The molecule has 2 amide bonds. The van der Waals surface area contributed by atoms with Gasteiger partial charge in [0.05, 0.1) is 30.9 Å². The summed E-state index contributed by atoms with van der Waals surface area (Å²) in [6, 6.07) is 8.32. The molecule has 13 heteroatoms. The third-order valence-electron chi connectivity index (χ3n) is 11.1. The second kappa shape index (κ2) is 15.7. The Balaban J connectivity index is 1.10. The van der Waals surface area contributed by atoms with Crippen LogP contribution in [0.1, 0.15) is 88.6 Å². The van der Waals surface area contributed by atoms with Crippen LogP contribution in [0.2, 0.25) is 0 Å². The van der Waals surface area contributed by atoms with Crippen molar-refractivity contribution in [2.24, 2.45) is 17.8 Å². The van der Waals surface area contributed by atoms with E-state index in [2.05, 4.69) is 25.0 Å². The molecule has 0 N–H and O–H groups in total. The summed E-state index contributed by atoms with van der Waals surface area (Å²) in [6.45, 7) is 7.44. The van der Waals surface area contributed by atoms with Crippen molar-refractivity contribution in [3.63, 3.8) is 0 Å². The maximum absolute atomic E-state index is 14.4. The van der Waals surface area contributed by atoms with Crippen LogP contribution in [-0.2, 0) is 19.4 Å². The Kier molecular flexibility index (Phi) is 11.3. The van der Waals surface area contributed by atoms with Crippen molar-refractivity contribution in [2.75, 3.05) is 44.5 Å². The van der Waals surface area contributed by atoms with Gasteiger partial charge < -0.3 is 14.4 Å². The van der Waals surface area contributed by atoms with E-state index in [9.17, 15) is 18.0 Å². The van der Waals surface area contributed by atoms with E-state index in [1.54, 1.807) is 13.3 Å². The number of likely N-dealkylation sites (tertiary alicyclic amines) is 1. The van der Waals surface area contributed by atoms with Crippen molar-refractivity contribution in [3.05, 3.63) is 54.2 Å². The molecular formula is C38H52N6O6S. The van der Waals surface area contributed by atoms with Crippen molar-refractivity contribution in [1.29, 1.82) is 0 Å². The molecule has 3 aliphatic rings. The summed E-state index contributed by atoms with van der Waals surface area (Å²) < 4.78 is 36.3. The minimum atomic E-state index is -3.16. The van der Waals surface area contributed by atoms with Gasteiger partial charge in [0.1, 0.15) is 11.6 Å². The number of nitrogens with zero attached hydrogens (tertiary/aromatic N) is 6. The van der Waals surface area contributed by atoms with E-state index in [1.807, 2.05) is 47.1 Å². The zero-order chi connectivity index (χ0) is 36.3. The summed E-state index contributed by atoms with van der Waals surface area (Å²) in [5.41, 5.74) is 3.99. The first-order valence-electron chi connectivity index (χ1n) is 18.3. The molecule has 3 aromatic rings. The molecule has 0 atom stereocenters. The van der Waals surface area contributed by atoms with Gasteiger partial charge in [0.15, 0.2) is 9.84 Å². The Morgan fingerprint density at radius 3 is 2.31 bits per heavy atom. The maximum atomic E-state index is 14.4. The van der Waals surface area contributed by atoms with E-state index in [1.165, 1.54) is 11.2 Å². The molecule has 2 aliphatic carbocycles. The Hall–Kier alpha value is -4.00. The van der Waals surface area contributed by atoms with Gasteiger partial charge in [-0.3, -0.25) is 19.4 Å². The van der Waals surface area contributed by atoms with Crippen LogP contribution in [0.15, 0.2) is 42.9 Å². The monoisotopic (exact) mass is 720 g/mol. The van der Waals surface area contributed by atoms with Gasteiger partial charge in [0.2, 0.25) is 5.91 Å². The van der Waals surface area contributed by atoms with Gasteiger partial charge >= 0.3 is 6.09 Å². The van der Waals surface area contributed by atoms with Crippen LogP contribution in [0.5, 0.6) is 5.75 Å². The Morgan fingerprint density at radius 2 is 1.69 bits per heavy atom. The van der Waals surface area contributed by atoms with E-state index >= 15 is 0 Å². The molecular weight excluding hydrogens is 669 g/mol. The van der Waals surface area contributed by atoms with E-state index < -0.39 is 21.2 Å². The standard InChI is InChI=1S/C38H52N6O6S/c1-25(2)44-21-32(19-40-44)31-16-17-39-36(18-31)43(20-27-6-10-29(11-7-27)34-14-15-35(49-4)26(3)41-34)37(45)30-12-8-28(9-13-30)24-50-38(46)42-22-33(23-42)51(5,47)48/h14-19,21,25,27-30,33H,6-13,20,22-24H2,1-5H3. The van der Waals surface area contributed by atoms with Crippen LogP contribution < -0.4 is 9.64 Å². The average molecular weight is 721 g/mol. The highest BCUT2D eigenvalue weighted by molar-refractivity contribution is 7.91. The van der Waals surface area contributed by atoms with Crippen molar-refractivity contribution in [1.82, 2.24) is 24.6 Å². The molecule has 0 spiro atoms. The number of amides is 2. The second-order valence-electron chi connectivity index (χ2n) is 15.0. The van der Waals surface area contributed by atoms with Crippen LogP contribution in [0.3, 0.4) is 0 Å². The highest BCUT2D eigenvalue weighted by Crippen LogP contribution is 2.38. The fraction of sp³-hybridized carbons (Fsp3) is 0.605. The SMILES string of the molecule is COc1ccc(C2CCC(CN(C(=O)C3CCC(COC(=O)N4CC(S(C)(=O)=O)C4)CC3)c3cc(-c4cnn(C(C)C)c4)ccn3)CC2)nc1C. The van der Waals surface area contributed by atoms with Crippen LogP contribution >= 0.6 is 0 Å². The number of aryl methyl sites for hydroxylation is 1. The quantitative estimate of drug-likeness (QED) is 0.226. The number of sulfone groups is 1. The van der Waals surface area contributed by atoms with Crippen molar-refractivity contribution in [2.45, 2.75) is 89.3 Å². The van der Waals surface area contributed by atoms with Crippen LogP contribution in [0.25, 0.3) is 11.1 Å². The molecule has 1 saturated heterocycles. The molecule has 0 radical (unpaired) electrons. The summed E-state index contributed by atoms with van der Waals surface area (Å²) in [5, 5.41) is 4.02. The number of ether oxygens (including phenoxy) is 2. The molecule has 2 saturated carbocycles. The smallest absolute Gasteiger partial charge is 0.409 e. The van der Waals surface area contributed by atoms with Crippen LogP contribution in [0.4, 0.5) is 10.6 Å². The van der Waals surface area contributed by atoms with E-state index in [0.29, 0.717) is 37.0 Å². The molecule has 0 bridgehead atoms. The fourth-order valence-corrected chi connectivity index (χ4v) is 8.56. The van der Waals surface area contributed by atoms with E-state index in [0.717, 1.165) is 66.8 Å². The van der Waals surface area contributed by atoms with Gasteiger partial charge in [0, 0.05) is 67.4 Å². The third kappa shape index (κ3) is 8.73. The average Bonchev–Trinajstić information content (AvgIpc) is 3.60. The number of carbonyl (C=O) groups is 2. The molecule has 1 aliphatic heterocycles. The van der Waals surface area contributed by atoms with E-state index in [4.69, 9.17) is 19.4 Å². The highest BCUT2D eigenvalue weighted by atomic mass is 32.2. The van der Waals surface area contributed by atoms with Crippen LogP contribution in [0, 0.1) is 24.7 Å². The number of aromatic nitrogens is 4. The van der Waals surface area contributed by atoms with E-state index in [-0.39, 0.29) is 43.5 Å². The Labute approximate surface area is 301 Å². The lowest BCUT2D eigenvalue weighted by Gasteiger charge is -2.37. The zero-order valence-electron chi connectivity index (χ0n) is 30.5. The van der Waals surface area contributed by atoms with Gasteiger partial charge in [-0.2, -0.15) is 5.10 Å². The minimum absolute atomic E-state index is 0.106. The largest absolute Gasteiger partial charge is 0.495 e. The lowest BCUT2D eigenvalue weighted by atomic mass is 9.79. The fourth-order valence-electron chi connectivity index (χ4n) is 7.66. The van der Waals surface area contributed by atoms with Crippen molar-refractivity contribution in [3.8, 4) is 16.9 Å². The van der Waals surface area contributed by atoms with Gasteiger partial charge in [-0.15, -0.1) is 0 Å². The van der Waals surface area contributed by atoms with Crippen LogP contribution in [-0.4, -0.2) is 89.9 Å². The van der Waals surface area contributed by atoms with Crippen molar-refractivity contribution >= 4 is 27.7 Å². The topological polar surface area (TPSA) is 137 Å². The lowest BCUT2D eigenvalue weighted by Crippen LogP contribution is -2.56. The number of anilines is 1. The third-order valence-corrected chi connectivity index (χ3v) is 12.6. The number of rotatable bonds is 11. The summed E-state index contributed by atoms with van der Waals surface area (Å²) in [7, 11) is -1.49. The first-order valence-corrected chi connectivity index (χ1v) is 20.3. The molecule has 4 heterocycles. The number of methoxy groups -OCH3 is 1. The van der Waals surface area contributed by atoms with Crippen molar-refractivity contribution < 1.29 is 27.5 Å². The number of carbonyl (C=O) groups excluding carboxylic acids is 2. The maximum Gasteiger partial charge on any atom is 0.409 e. The zero-order valence-corrected chi connectivity index (χ0v) is 31.3. The molecule has 0 unspecified atom stereocenters. The summed E-state index contributed by atoms with van der Waals surface area (Å²) in [4.78, 5) is 39.9. The predicted molar refractivity (Wildman–Crippen MR) is 195 cm³/mol. The van der Waals surface area contributed by atoms with Gasteiger partial charge in [0.25, 0.3) is 0 Å². The minimum Gasteiger partial charge on any atom is -0.495 e. The molecule has 3 fully saturated rings. The lowest BCUT2D eigenvalue weighted by molar-refractivity contribution is -0.124. The van der Waals surface area contributed by atoms with Gasteiger partial charge in [-0.05, 0) is 114 Å². The molecule has 0 aromatic carbocycles. The first kappa shape index (κ1) is 36.8. The second-order valence-corrected chi connectivity index (χ2v) is 17.4.